The molecule has 3 heterocycles. The molecule has 1 unspecified atom stereocenters. The number of thiazole rings is 1. The Hall–Kier alpha value is -1.96. The van der Waals surface area contributed by atoms with Gasteiger partial charge in [0.2, 0.25) is 5.91 Å². The first-order valence-electron chi connectivity index (χ1n) is 9.05. The molecule has 27 heavy (non-hydrogen) atoms. The van der Waals surface area contributed by atoms with Gasteiger partial charge in [0.05, 0.1) is 22.0 Å². The monoisotopic (exact) mass is 399 g/mol. The third-order valence-corrected chi connectivity index (χ3v) is 6.88. The first-order chi connectivity index (χ1) is 13.3. The molecule has 140 valence electrons. The minimum absolute atomic E-state index is 0.0222. The molecule has 0 spiro atoms. The Morgan fingerprint density at radius 1 is 1.26 bits per heavy atom. The number of aromatic nitrogens is 2. The van der Waals surface area contributed by atoms with Gasteiger partial charge in [-0.05, 0) is 42.5 Å². The van der Waals surface area contributed by atoms with E-state index in [-0.39, 0.29) is 11.9 Å². The Labute approximate surface area is 166 Å². The van der Waals surface area contributed by atoms with Crippen molar-refractivity contribution in [1.29, 1.82) is 0 Å². The fraction of sp³-hybridized carbons (Fsp3) is 0.350. The van der Waals surface area contributed by atoms with E-state index in [1.54, 1.807) is 17.5 Å². The fourth-order valence-corrected chi connectivity index (χ4v) is 5.22. The summed E-state index contributed by atoms with van der Waals surface area (Å²) < 4.78 is 7.56. The van der Waals surface area contributed by atoms with Gasteiger partial charge in [-0.3, -0.25) is 9.78 Å². The van der Waals surface area contributed by atoms with E-state index in [1.807, 2.05) is 36.5 Å². The zero-order valence-electron chi connectivity index (χ0n) is 14.8. The molecule has 0 aliphatic carbocycles. The van der Waals surface area contributed by atoms with Crippen molar-refractivity contribution < 1.29 is 9.53 Å². The van der Waals surface area contributed by atoms with Crippen LogP contribution in [0.2, 0.25) is 0 Å². The third-order valence-electron chi connectivity index (χ3n) is 4.70. The summed E-state index contributed by atoms with van der Waals surface area (Å²) in [7, 11) is 0. The second kappa shape index (κ2) is 8.82. The second-order valence-electron chi connectivity index (χ2n) is 6.52. The van der Waals surface area contributed by atoms with Gasteiger partial charge in [-0.1, -0.05) is 30.0 Å². The molecule has 1 amide bonds. The van der Waals surface area contributed by atoms with E-state index in [4.69, 9.17) is 4.74 Å². The molecule has 0 radical (unpaired) electrons. The van der Waals surface area contributed by atoms with Crippen molar-refractivity contribution in [3.05, 3.63) is 54.4 Å². The number of nitrogens with zero attached hydrogens (tertiary/aromatic N) is 2. The molecule has 3 aromatic rings. The highest BCUT2D eigenvalue weighted by Gasteiger charge is 2.27. The maximum atomic E-state index is 12.7. The highest BCUT2D eigenvalue weighted by Crippen LogP contribution is 2.31. The number of amides is 1. The quantitative estimate of drug-likeness (QED) is 0.633. The molecule has 1 aliphatic rings. The number of carbonyl (C=O) groups is 1. The number of carbonyl (C=O) groups excluding carboxylic acids is 1. The molecule has 1 fully saturated rings. The topological polar surface area (TPSA) is 64.1 Å². The van der Waals surface area contributed by atoms with Crippen molar-refractivity contribution in [3.8, 4) is 0 Å². The smallest absolute Gasteiger partial charge is 0.230 e. The maximum absolute atomic E-state index is 12.7. The molecular weight excluding hydrogens is 378 g/mol. The number of ether oxygens (including phenoxy) is 1. The van der Waals surface area contributed by atoms with E-state index < -0.39 is 0 Å². The predicted molar refractivity (Wildman–Crippen MR) is 109 cm³/mol. The Morgan fingerprint density at radius 3 is 2.89 bits per heavy atom. The van der Waals surface area contributed by atoms with Crippen LogP contribution in [-0.2, 0) is 9.53 Å². The molecule has 1 aromatic carbocycles. The molecule has 1 N–H and O–H groups in total. The van der Waals surface area contributed by atoms with Crippen molar-refractivity contribution in [2.45, 2.75) is 23.2 Å². The van der Waals surface area contributed by atoms with Crippen LogP contribution in [0.1, 0.15) is 24.4 Å². The average Bonchev–Trinajstić information content (AvgIpc) is 3.15. The lowest BCUT2D eigenvalue weighted by Crippen LogP contribution is -2.37. The number of hydrogen-bond donors (Lipinski definition) is 1. The zero-order chi connectivity index (χ0) is 18.5. The second-order valence-corrected chi connectivity index (χ2v) is 8.77. The number of fused-ring (bicyclic) bond motifs is 1. The van der Waals surface area contributed by atoms with Crippen LogP contribution in [0.3, 0.4) is 0 Å². The van der Waals surface area contributed by atoms with E-state index in [9.17, 15) is 4.79 Å². The number of rotatable bonds is 6. The van der Waals surface area contributed by atoms with Crippen LogP contribution in [0.4, 0.5) is 0 Å². The summed E-state index contributed by atoms with van der Waals surface area (Å²) in [5.41, 5.74) is 2.04. The normalized spacial score (nSPS) is 16.3. The first kappa shape index (κ1) is 18.4. The van der Waals surface area contributed by atoms with Gasteiger partial charge in [0.25, 0.3) is 0 Å². The lowest BCUT2D eigenvalue weighted by atomic mass is 9.87. The van der Waals surface area contributed by atoms with Gasteiger partial charge in [0.1, 0.15) is 0 Å². The molecule has 1 aliphatic heterocycles. The third kappa shape index (κ3) is 4.66. The van der Waals surface area contributed by atoms with Gasteiger partial charge in [-0.15, -0.1) is 11.3 Å². The van der Waals surface area contributed by atoms with E-state index >= 15 is 0 Å². The van der Waals surface area contributed by atoms with Crippen LogP contribution in [0.15, 0.2) is 53.1 Å². The van der Waals surface area contributed by atoms with Gasteiger partial charge in [0, 0.05) is 25.6 Å². The van der Waals surface area contributed by atoms with E-state index in [0.29, 0.717) is 11.7 Å². The zero-order valence-corrected chi connectivity index (χ0v) is 16.5. The van der Waals surface area contributed by atoms with Crippen LogP contribution < -0.4 is 5.32 Å². The van der Waals surface area contributed by atoms with E-state index in [2.05, 4.69) is 21.4 Å². The first-order valence-corrected chi connectivity index (χ1v) is 10.9. The van der Waals surface area contributed by atoms with Crippen LogP contribution in [0.25, 0.3) is 10.2 Å². The largest absolute Gasteiger partial charge is 0.381 e. The summed E-state index contributed by atoms with van der Waals surface area (Å²) >= 11 is 3.12. The summed E-state index contributed by atoms with van der Waals surface area (Å²) in [5.74, 6) is 0.763. The molecule has 0 bridgehead atoms. The number of para-hydroxylation sites is 1. The van der Waals surface area contributed by atoms with Crippen molar-refractivity contribution in [2.24, 2.45) is 5.92 Å². The van der Waals surface area contributed by atoms with Crippen molar-refractivity contribution in [3.63, 3.8) is 0 Å². The van der Waals surface area contributed by atoms with Gasteiger partial charge < -0.3 is 10.1 Å². The summed E-state index contributed by atoms with van der Waals surface area (Å²) in [6.45, 7) is 1.50. The number of benzene rings is 1. The van der Waals surface area contributed by atoms with Gasteiger partial charge in [-0.2, -0.15) is 0 Å². The molecule has 4 rings (SSSR count). The number of hydrogen-bond acceptors (Lipinski definition) is 6. The lowest BCUT2D eigenvalue weighted by Gasteiger charge is -2.31. The maximum Gasteiger partial charge on any atom is 0.230 e. The molecular formula is C20H21N3O2S2. The molecule has 5 nitrogen and oxygen atoms in total. The summed E-state index contributed by atoms with van der Waals surface area (Å²) in [6.07, 6.45) is 5.51. The highest BCUT2D eigenvalue weighted by molar-refractivity contribution is 8.01. The number of pyridine rings is 1. The average molecular weight is 400 g/mol. The molecule has 1 saturated heterocycles. The number of thioether (sulfide) groups is 1. The van der Waals surface area contributed by atoms with Crippen molar-refractivity contribution >= 4 is 39.2 Å². The molecule has 0 saturated carbocycles. The Bertz CT molecular complexity index is 861. The Balaban J connectivity index is 1.41. The van der Waals surface area contributed by atoms with Gasteiger partial charge in [-0.25, -0.2) is 4.98 Å². The molecule has 7 heteroatoms. The fourth-order valence-electron chi connectivity index (χ4n) is 3.34. The van der Waals surface area contributed by atoms with Gasteiger partial charge in [0.15, 0.2) is 4.34 Å². The van der Waals surface area contributed by atoms with Crippen molar-refractivity contribution in [1.82, 2.24) is 15.3 Å². The summed E-state index contributed by atoms with van der Waals surface area (Å²) in [5, 5.41) is 3.23. The van der Waals surface area contributed by atoms with Crippen LogP contribution in [0, 0.1) is 5.92 Å². The highest BCUT2D eigenvalue weighted by atomic mass is 32.2. The molecule has 1 atom stereocenters. The standard InChI is InChI=1S/C20H21N3O2S2/c24-18(13-26-20-22-16-5-1-2-6-17(16)27-20)23-19(14-7-10-25-11-8-14)15-4-3-9-21-12-15/h1-6,9,12,14,19H,7-8,10-11,13H2,(H,23,24). The Kier molecular flexibility index (Phi) is 6.01. The van der Waals surface area contributed by atoms with Gasteiger partial charge >= 0.3 is 0 Å². The van der Waals surface area contributed by atoms with Crippen LogP contribution >= 0.6 is 23.1 Å². The van der Waals surface area contributed by atoms with E-state index in [0.717, 1.165) is 46.2 Å². The van der Waals surface area contributed by atoms with Crippen LogP contribution in [0.5, 0.6) is 0 Å². The van der Waals surface area contributed by atoms with Crippen LogP contribution in [-0.4, -0.2) is 34.8 Å². The summed E-state index contributed by atoms with van der Waals surface area (Å²) in [4.78, 5) is 21.5. The number of nitrogens with one attached hydrogen (secondary N) is 1. The SMILES string of the molecule is O=C(CSc1nc2ccccc2s1)NC(c1cccnc1)C1CCOCC1. The van der Waals surface area contributed by atoms with E-state index in [1.165, 1.54) is 11.8 Å². The lowest BCUT2D eigenvalue weighted by molar-refractivity contribution is -0.120. The minimum atomic E-state index is -0.0222. The summed E-state index contributed by atoms with van der Waals surface area (Å²) in [6, 6.07) is 12.0. The minimum Gasteiger partial charge on any atom is -0.381 e. The van der Waals surface area contributed by atoms with Crippen molar-refractivity contribution in [2.75, 3.05) is 19.0 Å². The molecule has 2 aromatic heterocycles. The Morgan fingerprint density at radius 2 is 2.11 bits per heavy atom. The predicted octanol–water partition coefficient (Wildman–Crippen LogP) is 4.07.